The second-order valence-corrected chi connectivity index (χ2v) is 9.03. The smallest absolute Gasteiger partial charge is 0.189 e. The van der Waals surface area contributed by atoms with Gasteiger partial charge in [0.1, 0.15) is 24.4 Å². The van der Waals surface area contributed by atoms with Crippen LogP contribution in [0.2, 0.25) is 0 Å². The molecule has 1 heterocycles. The molecule has 7 heteroatoms. The Morgan fingerprint density at radius 2 is 1.13 bits per heavy atom. The third-order valence-corrected chi connectivity index (χ3v) is 6.19. The zero-order valence-electron chi connectivity index (χ0n) is 19.5. The van der Waals surface area contributed by atoms with Crippen molar-refractivity contribution in [2.75, 3.05) is 6.61 Å². The predicted octanol–water partition coefficient (Wildman–Crippen LogP) is 3.38. The molecular weight excluding hydrogens is 400 g/mol. The Bertz CT molecular complexity index is 407. The summed E-state index contributed by atoms with van der Waals surface area (Å²) in [6.45, 7) is 1.74. The zero-order valence-corrected chi connectivity index (χ0v) is 19.5. The number of hydrogen-bond acceptors (Lipinski definition) is 7. The number of ether oxygens (including phenoxy) is 2. The van der Waals surface area contributed by atoms with Crippen LogP contribution in [0.4, 0.5) is 0 Å². The highest BCUT2D eigenvalue weighted by atomic mass is 16.7. The maximum absolute atomic E-state index is 10.0. The summed E-state index contributed by atoms with van der Waals surface area (Å²) in [5.74, 6) is 0. The molecule has 31 heavy (non-hydrogen) atoms. The Morgan fingerprint density at radius 1 is 0.677 bits per heavy atom. The van der Waals surface area contributed by atoms with Gasteiger partial charge in [-0.1, -0.05) is 96.8 Å². The summed E-state index contributed by atoms with van der Waals surface area (Å²) < 4.78 is 10.5. The highest BCUT2D eigenvalue weighted by molar-refractivity contribution is 4.88. The third kappa shape index (κ3) is 12.5. The first-order valence-corrected chi connectivity index (χ1v) is 12.6. The van der Waals surface area contributed by atoms with Crippen molar-refractivity contribution in [3.63, 3.8) is 0 Å². The summed E-state index contributed by atoms with van der Waals surface area (Å²) >= 11 is 0. The summed E-state index contributed by atoms with van der Waals surface area (Å²) in [6.07, 6.45) is 11.6. The zero-order chi connectivity index (χ0) is 22.9. The average Bonchev–Trinajstić information content (AvgIpc) is 2.76. The maximum Gasteiger partial charge on any atom is 0.189 e. The predicted molar refractivity (Wildman–Crippen MR) is 120 cm³/mol. The van der Waals surface area contributed by atoms with Crippen LogP contribution < -0.4 is 0 Å². The van der Waals surface area contributed by atoms with Crippen molar-refractivity contribution in [3.8, 4) is 0 Å². The maximum atomic E-state index is 10.0. The van der Waals surface area contributed by atoms with E-state index < -0.39 is 43.6 Å². The monoisotopic (exact) mass is 448 g/mol. The van der Waals surface area contributed by atoms with E-state index >= 15 is 0 Å². The summed E-state index contributed by atoms with van der Waals surface area (Å²) in [5.41, 5.74) is 0. The van der Waals surface area contributed by atoms with E-state index in [1.165, 1.54) is 77.0 Å². The fourth-order valence-electron chi connectivity index (χ4n) is 4.09. The van der Waals surface area contributed by atoms with Gasteiger partial charge in [0.25, 0.3) is 0 Å². The van der Waals surface area contributed by atoms with Gasteiger partial charge in [-0.25, -0.2) is 0 Å². The highest BCUT2D eigenvalue weighted by Crippen LogP contribution is 2.23. The summed E-state index contributed by atoms with van der Waals surface area (Å²) in [6, 6.07) is 0. The average molecular weight is 449 g/mol. The van der Waals surface area contributed by atoms with E-state index in [4.69, 9.17) is 9.47 Å². The Labute approximate surface area is 188 Å². The van der Waals surface area contributed by atoms with E-state index in [0.717, 1.165) is 19.3 Å². The molecule has 1 rings (SSSR count). The Morgan fingerprint density at radius 3 is 1.58 bits per heavy atom. The van der Waals surface area contributed by atoms with E-state index in [2.05, 4.69) is 6.92 Å². The van der Waals surface area contributed by atoms with E-state index in [1.54, 1.807) is 0 Å². The first kappa shape index (κ1) is 28.8. The molecule has 186 valence electrons. The number of hydrogen-bond donors (Lipinski definition) is 5. The number of aliphatic hydroxyl groups excluding tert-OH is 5. The SMILES string of the molecule is CCCCCCCCCCCCCCCCCC(O)OC1O[C@H](CO)[C@@H](O)[C@H](O)[C@H]1O. The van der Waals surface area contributed by atoms with Gasteiger partial charge >= 0.3 is 0 Å². The molecule has 0 aromatic heterocycles. The molecule has 0 spiro atoms. The Balaban J connectivity index is 1.94. The molecular formula is C24H48O7. The molecule has 1 fully saturated rings. The lowest BCUT2D eigenvalue weighted by Gasteiger charge is -2.40. The molecule has 0 aliphatic carbocycles. The molecule has 0 radical (unpaired) electrons. The van der Waals surface area contributed by atoms with Crippen LogP contribution in [0.1, 0.15) is 110 Å². The number of unbranched alkanes of at least 4 members (excludes halogenated alkanes) is 14. The molecule has 0 bridgehead atoms. The van der Waals surface area contributed by atoms with Gasteiger partial charge in [0.05, 0.1) is 6.61 Å². The Kier molecular flexibility index (Phi) is 16.9. The second kappa shape index (κ2) is 18.2. The topological polar surface area (TPSA) is 120 Å². The minimum atomic E-state index is -1.49. The van der Waals surface area contributed by atoms with Crippen molar-refractivity contribution in [3.05, 3.63) is 0 Å². The fourth-order valence-corrected chi connectivity index (χ4v) is 4.09. The van der Waals surface area contributed by atoms with Crippen LogP contribution >= 0.6 is 0 Å². The van der Waals surface area contributed by atoms with E-state index in [-0.39, 0.29) is 0 Å². The summed E-state index contributed by atoms with van der Waals surface area (Å²) in [7, 11) is 0. The lowest BCUT2D eigenvalue weighted by atomic mass is 9.99. The van der Waals surface area contributed by atoms with Gasteiger partial charge in [-0.3, -0.25) is 0 Å². The van der Waals surface area contributed by atoms with Crippen molar-refractivity contribution < 1.29 is 35.0 Å². The van der Waals surface area contributed by atoms with E-state index in [9.17, 15) is 25.5 Å². The van der Waals surface area contributed by atoms with Crippen molar-refractivity contribution in [2.24, 2.45) is 0 Å². The molecule has 1 aliphatic rings. The van der Waals surface area contributed by atoms with Gasteiger partial charge in [-0.2, -0.15) is 0 Å². The van der Waals surface area contributed by atoms with Crippen molar-refractivity contribution in [1.29, 1.82) is 0 Å². The minimum absolute atomic E-state index is 0.410. The molecule has 5 N–H and O–H groups in total. The molecule has 7 nitrogen and oxygen atoms in total. The molecule has 2 unspecified atom stereocenters. The number of rotatable bonds is 19. The molecule has 0 saturated carbocycles. The molecule has 1 aliphatic heterocycles. The fraction of sp³-hybridized carbons (Fsp3) is 1.00. The quantitative estimate of drug-likeness (QED) is 0.152. The molecule has 0 amide bonds. The van der Waals surface area contributed by atoms with Crippen molar-refractivity contribution >= 4 is 0 Å². The largest absolute Gasteiger partial charge is 0.394 e. The summed E-state index contributed by atoms with van der Waals surface area (Å²) in [4.78, 5) is 0. The van der Waals surface area contributed by atoms with Crippen LogP contribution in [0.3, 0.4) is 0 Å². The van der Waals surface area contributed by atoms with Crippen LogP contribution in [0.5, 0.6) is 0 Å². The van der Waals surface area contributed by atoms with Gasteiger partial charge < -0.3 is 35.0 Å². The number of aliphatic hydroxyl groups is 5. The summed E-state index contributed by atoms with van der Waals surface area (Å²) in [5, 5.41) is 48.6. The minimum Gasteiger partial charge on any atom is -0.394 e. The molecule has 0 aromatic carbocycles. The highest BCUT2D eigenvalue weighted by Gasteiger charge is 2.44. The van der Waals surface area contributed by atoms with E-state index in [0.29, 0.717) is 6.42 Å². The van der Waals surface area contributed by atoms with Crippen LogP contribution in [0.25, 0.3) is 0 Å². The van der Waals surface area contributed by atoms with Crippen LogP contribution in [-0.2, 0) is 9.47 Å². The normalized spacial score (nSPS) is 27.5. The molecule has 0 aromatic rings. The van der Waals surface area contributed by atoms with Crippen LogP contribution in [-0.4, -0.2) is 69.1 Å². The van der Waals surface area contributed by atoms with Gasteiger partial charge in [0, 0.05) is 0 Å². The van der Waals surface area contributed by atoms with Gasteiger partial charge in [-0.15, -0.1) is 0 Å². The van der Waals surface area contributed by atoms with Crippen molar-refractivity contribution in [2.45, 2.75) is 147 Å². The van der Waals surface area contributed by atoms with Gasteiger partial charge in [0.2, 0.25) is 0 Å². The lowest BCUT2D eigenvalue weighted by molar-refractivity contribution is -0.332. The van der Waals surface area contributed by atoms with Gasteiger partial charge in [0.15, 0.2) is 12.6 Å². The third-order valence-electron chi connectivity index (χ3n) is 6.19. The lowest BCUT2D eigenvalue weighted by Crippen LogP contribution is -2.59. The first-order valence-electron chi connectivity index (χ1n) is 12.6. The Hall–Kier alpha value is -0.280. The van der Waals surface area contributed by atoms with Crippen LogP contribution in [0.15, 0.2) is 0 Å². The molecule has 6 atom stereocenters. The van der Waals surface area contributed by atoms with E-state index in [1.807, 2.05) is 0 Å². The van der Waals surface area contributed by atoms with Crippen LogP contribution in [0, 0.1) is 0 Å². The van der Waals surface area contributed by atoms with Crippen molar-refractivity contribution in [1.82, 2.24) is 0 Å². The van der Waals surface area contributed by atoms with Gasteiger partial charge in [-0.05, 0) is 12.8 Å². The second-order valence-electron chi connectivity index (χ2n) is 9.03. The first-order chi connectivity index (χ1) is 15.0. The molecule has 1 saturated heterocycles. The standard InChI is InChI=1S/C24H48O7/c1-2-3-4-5-6-7-8-9-10-11-12-13-14-15-16-17-20(26)31-24-23(29)22(28)21(27)19(18-25)30-24/h19-29H,2-18H2,1H3/t19-,20?,21-,22+,23-,24?/m1/s1.